The van der Waals surface area contributed by atoms with E-state index < -0.39 is 22.9 Å². The molecule has 0 amide bonds. The molecule has 3 nitrogen and oxygen atoms in total. The maximum Gasteiger partial charge on any atom is 0.313 e. The zero-order valence-electron chi connectivity index (χ0n) is 11.9. The molecule has 1 aliphatic heterocycles. The van der Waals surface area contributed by atoms with E-state index in [0.29, 0.717) is 0 Å². The minimum atomic E-state index is -2.71. The third kappa shape index (κ3) is 3.07. The third-order valence-electron chi connectivity index (χ3n) is 4.07. The number of carbonyl (C=O) groups is 1. The summed E-state index contributed by atoms with van der Waals surface area (Å²) in [4.78, 5) is 12.4. The van der Waals surface area contributed by atoms with Gasteiger partial charge in [-0.15, -0.1) is 0 Å². The highest BCUT2D eigenvalue weighted by atomic mass is 19.3. The van der Waals surface area contributed by atoms with Crippen molar-refractivity contribution >= 4 is 5.97 Å². The van der Waals surface area contributed by atoms with Gasteiger partial charge in [-0.05, 0) is 52.6 Å². The van der Waals surface area contributed by atoms with Gasteiger partial charge in [0.25, 0.3) is 0 Å². The Morgan fingerprint density at radius 1 is 1.21 bits per heavy atom. The highest BCUT2D eigenvalue weighted by Crippen LogP contribution is 2.59. The van der Waals surface area contributed by atoms with Crippen LogP contribution in [-0.2, 0) is 9.53 Å². The second kappa shape index (κ2) is 4.69. The van der Waals surface area contributed by atoms with Crippen LogP contribution in [0, 0.1) is 11.3 Å². The summed E-state index contributed by atoms with van der Waals surface area (Å²) in [5, 5.41) is 3.20. The van der Waals surface area contributed by atoms with Gasteiger partial charge in [0.15, 0.2) is 0 Å². The normalized spacial score (nSPS) is 26.6. The van der Waals surface area contributed by atoms with Crippen molar-refractivity contribution in [3.8, 4) is 0 Å². The molecule has 19 heavy (non-hydrogen) atoms. The topological polar surface area (TPSA) is 38.3 Å². The summed E-state index contributed by atoms with van der Waals surface area (Å²) in [5.41, 5.74) is -1.58. The zero-order valence-corrected chi connectivity index (χ0v) is 11.9. The summed E-state index contributed by atoms with van der Waals surface area (Å²) in [6, 6.07) is 0. The molecule has 2 aliphatic rings. The summed E-state index contributed by atoms with van der Waals surface area (Å²) in [6.45, 7) is 6.91. The minimum Gasteiger partial charge on any atom is -0.460 e. The van der Waals surface area contributed by atoms with E-state index in [1.807, 2.05) is 0 Å². The molecular formula is C14H23F2NO2. The van der Waals surface area contributed by atoms with Crippen LogP contribution < -0.4 is 5.32 Å². The van der Waals surface area contributed by atoms with E-state index in [1.54, 1.807) is 20.8 Å². The lowest BCUT2D eigenvalue weighted by atomic mass is 9.56. The Hall–Kier alpha value is -0.710. The highest BCUT2D eigenvalue weighted by Gasteiger charge is 2.65. The molecule has 0 aromatic rings. The number of hydrogen-bond donors (Lipinski definition) is 1. The smallest absolute Gasteiger partial charge is 0.313 e. The second-order valence-corrected chi connectivity index (χ2v) is 6.89. The molecule has 0 unspecified atom stereocenters. The number of esters is 1. The largest absolute Gasteiger partial charge is 0.460 e. The predicted molar refractivity (Wildman–Crippen MR) is 68.1 cm³/mol. The van der Waals surface area contributed by atoms with Crippen LogP contribution >= 0.6 is 0 Å². The fourth-order valence-electron chi connectivity index (χ4n) is 3.23. The van der Waals surface area contributed by atoms with Gasteiger partial charge in [-0.2, -0.15) is 0 Å². The van der Waals surface area contributed by atoms with Gasteiger partial charge >= 0.3 is 5.97 Å². The zero-order chi connectivity index (χ0) is 14.3. The lowest BCUT2D eigenvalue weighted by Crippen LogP contribution is -2.58. The van der Waals surface area contributed by atoms with Gasteiger partial charge in [0, 0.05) is 12.8 Å². The summed E-state index contributed by atoms with van der Waals surface area (Å²) in [5.74, 6) is -3.12. The van der Waals surface area contributed by atoms with Crippen LogP contribution in [0.25, 0.3) is 0 Å². The predicted octanol–water partition coefficient (Wildman–Crippen LogP) is 2.74. The van der Waals surface area contributed by atoms with Gasteiger partial charge in [0.05, 0.1) is 5.41 Å². The van der Waals surface area contributed by atoms with E-state index in [9.17, 15) is 13.6 Å². The van der Waals surface area contributed by atoms with Crippen LogP contribution in [0.1, 0.15) is 46.5 Å². The van der Waals surface area contributed by atoms with Crippen molar-refractivity contribution in [3.63, 3.8) is 0 Å². The molecule has 1 aliphatic carbocycles. The quantitative estimate of drug-likeness (QED) is 0.788. The van der Waals surface area contributed by atoms with E-state index >= 15 is 0 Å². The monoisotopic (exact) mass is 275 g/mol. The molecule has 0 atom stereocenters. The summed E-state index contributed by atoms with van der Waals surface area (Å²) in [7, 11) is 0. The van der Waals surface area contributed by atoms with Crippen molar-refractivity contribution < 1.29 is 18.3 Å². The maximum atomic E-state index is 13.4. The number of rotatable bonds is 2. The van der Waals surface area contributed by atoms with Crippen LogP contribution in [0.3, 0.4) is 0 Å². The van der Waals surface area contributed by atoms with E-state index in [-0.39, 0.29) is 18.8 Å². The van der Waals surface area contributed by atoms with Crippen molar-refractivity contribution in [1.82, 2.24) is 5.32 Å². The van der Waals surface area contributed by atoms with E-state index in [4.69, 9.17) is 4.74 Å². The number of carbonyl (C=O) groups excluding carboxylic acids is 1. The molecule has 0 aromatic carbocycles. The first-order valence-corrected chi connectivity index (χ1v) is 6.97. The Labute approximate surface area is 113 Å². The van der Waals surface area contributed by atoms with Crippen LogP contribution in [-0.4, -0.2) is 30.6 Å². The SMILES string of the molecule is CC(C)(C)OC(=O)C1(C2CCNCC2)CC(F)(F)C1. The van der Waals surface area contributed by atoms with Crippen LogP contribution in [0.5, 0.6) is 0 Å². The Bertz CT molecular complexity index is 349. The standard InChI is InChI=1S/C14H23F2NO2/c1-12(2,3)19-11(18)13(8-14(15,16)9-13)10-4-6-17-7-5-10/h10,17H,4-9H2,1-3H3. The van der Waals surface area contributed by atoms with E-state index in [1.165, 1.54) is 0 Å². The molecule has 5 heteroatoms. The van der Waals surface area contributed by atoms with Crippen molar-refractivity contribution in [2.24, 2.45) is 11.3 Å². The summed E-state index contributed by atoms with van der Waals surface area (Å²) < 4.78 is 32.1. The number of hydrogen-bond acceptors (Lipinski definition) is 3. The van der Waals surface area contributed by atoms with Crippen LogP contribution in [0.2, 0.25) is 0 Å². The first kappa shape index (κ1) is 14.7. The average molecular weight is 275 g/mol. The molecule has 0 bridgehead atoms. The van der Waals surface area contributed by atoms with Crippen LogP contribution in [0.4, 0.5) is 8.78 Å². The molecule has 1 N–H and O–H groups in total. The number of ether oxygens (including phenoxy) is 1. The Kier molecular flexibility index (Phi) is 3.62. The highest BCUT2D eigenvalue weighted by molar-refractivity contribution is 5.79. The van der Waals surface area contributed by atoms with Crippen molar-refractivity contribution in [2.75, 3.05) is 13.1 Å². The number of alkyl halides is 2. The molecule has 0 spiro atoms. The molecule has 0 aromatic heterocycles. The van der Waals surface area contributed by atoms with Gasteiger partial charge in [-0.25, -0.2) is 8.78 Å². The molecule has 1 heterocycles. The van der Waals surface area contributed by atoms with E-state index in [2.05, 4.69) is 5.32 Å². The molecule has 1 saturated heterocycles. The lowest BCUT2D eigenvalue weighted by Gasteiger charge is -2.51. The fraction of sp³-hybridized carbons (Fsp3) is 0.929. The number of halogens is 2. The number of nitrogens with one attached hydrogen (secondary N) is 1. The van der Waals surface area contributed by atoms with Gasteiger partial charge in [0.2, 0.25) is 5.92 Å². The second-order valence-electron chi connectivity index (χ2n) is 6.89. The first-order valence-electron chi connectivity index (χ1n) is 6.97. The molecule has 110 valence electrons. The Morgan fingerprint density at radius 3 is 2.16 bits per heavy atom. The third-order valence-corrected chi connectivity index (χ3v) is 4.07. The van der Waals surface area contributed by atoms with Gasteiger partial charge in [0.1, 0.15) is 5.60 Å². The average Bonchev–Trinajstić information content (AvgIpc) is 2.24. The molecule has 2 rings (SSSR count). The van der Waals surface area contributed by atoms with E-state index in [0.717, 1.165) is 25.9 Å². The molecule has 0 radical (unpaired) electrons. The molecular weight excluding hydrogens is 252 g/mol. The van der Waals surface area contributed by atoms with Gasteiger partial charge in [-0.1, -0.05) is 0 Å². The molecule has 2 fully saturated rings. The Morgan fingerprint density at radius 2 is 1.74 bits per heavy atom. The lowest BCUT2D eigenvalue weighted by molar-refractivity contribution is -0.221. The molecule has 1 saturated carbocycles. The van der Waals surface area contributed by atoms with Crippen molar-refractivity contribution in [1.29, 1.82) is 0 Å². The fourth-order valence-corrected chi connectivity index (χ4v) is 3.23. The summed E-state index contributed by atoms with van der Waals surface area (Å²) in [6.07, 6.45) is 0.851. The number of piperidine rings is 1. The minimum absolute atomic E-state index is 0.0169. The summed E-state index contributed by atoms with van der Waals surface area (Å²) >= 11 is 0. The van der Waals surface area contributed by atoms with Crippen molar-refractivity contribution in [3.05, 3.63) is 0 Å². The van der Waals surface area contributed by atoms with Crippen LogP contribution in [0.15, 0.2) is 0 Å². The Balaban J connectivity index is 2.14. The van der Waals surface area contributed by atoms with Gasteiger partial charge < -0.3 is 10.1 Å². The van der Waals surface area contributed by atoms with Crippen molar-refractivity contribution in [2.45, 2.75) is 58.0 Å². The van der Waals surface area contributed by atoms with Gasteiger partial charge in [-0.3, -0.25) is 4.79 Å². The first-order chi connectivity index (χ1) is 8.65. The maximum absolute atomic E-state index is 13.4.